The number of amides is 1. The van der Waals surface area contributed by atoms with Crippen LogP contribution in [0.1, 0.15) is 32.6 Å². The largest absolute Gasteiger partial charge is 0.353 e. The van der Waals surface area contributed by atoms with Crippen LogP contribution >= 0.6 is 0 Å². The molecular weight excluding hydrogens is 190 g/mol. The molecule has 1 amide bonds. The zero-order valence-corrected chi connectivity index (χ0v) is 9.83. The van der Waals surface area contributed by atoms with Crippen LogP contribution in [0.15, 0.2) is 0 Å². The van der Waals surface area contributed by atoms with Crippen LogP contribution in [0.5, 0.6) is 0 Å². The first-order valence-electron chi connectivity index (χ1n) is 5.85. The molecule has 0 aromatic rings. The fraction of sp³-hybridized carbons (Fsp3) is 0.909. The topological polar surface area (TPSA) is 58.4 Å². The molecular formula is C11H23N3O. The first kappa shape index (κ1) is 12.5. The number of nitrogens with zero attached hydrogens (tertiary/aromatic N) is 1. The van der Waals surface area contributed by atoms with Crippen LogP contribution in [0, 0.1) is 0 Å². The van der Waals surface area contributed by atoms with E-state index in [1.165, 1.54) is 25.7 Å². The zero-order chi connectivity index (χ0) is 11.3. The predicted molar refractivity (Wildman–Crippen MR) is 61.5 cm³/mol. The average Bonchev–Trinajstić information content (AvgIpc) is 2.70. The van der Waals surface area contributed by atoms with Crippen molar-refractivity contribution < 1.29 is 4.79 Å². The van der Waals surface area contributed by atoms with Crippen LogP contribution in [0.25, 0.3) is 0 Å². The van der Waals surface area contributed by atoms with Gasteiger partial charge in [-0.2, -0.15) is 0 Å². The van der Waals surface area contributed by atoms with Crippen LogP contribution in [0.4, 0.5) is 0 Å². The SMILES string of the molecule is CC(N)C(=O)NCCN(C)C1CCCC1. The van der Waals surface area contributed by atoms with Gasteiger partial charge in [-0.1, -0.05) is 12.8 Å². The van der Waals surface area contributed by atoms with Gasteiger partial charge in [0.25, 0.3) is 0 Å². The predicted octanol–water partition coefficient (Wildman–Crippen LogP) is 0.324. The molecule has 1 atom stereocenters. The molecule has 0 aromatic heterocycles. The molecule has 0 radical (unpaired) electrons. The molecule has 1 aliphatic rings. The van der Waals surface area contributed by atoms with Gasteiger partial charge in [-0.3, -0.25) is 4.79 Å². The van der Waals surface area contributed by atoms with Crippen LogP contribution in [0.2, 0.25) is 0 Å². The number of hydrogen-bond acceptors (Lipinski definition) is 3. The van der Waals surface area contributed by atoms with Gasteiger partial charge in [0.05, 0.1) is 6.04 Å². The Bertz CT molecular complexity index is 200. The Morgan fingerprint density at radius 1 is 1.53 bits per heavy atom. The molecule has 0 spiro atoms. The maximum Gasteiger partial charge on any atom is 0.236 e. The fourth-order valence-corrected chi connectivity index (χ4v) is 2.04. The Hall–Kier alpha value is -0.610. The summed E-state index contributed by atoms with van der Waals surface area (Å²) in [7, 11) is 2.13. The summed E-state index contributed by atoms with van der Waals surface area (Å²) >= 11 is 0. The zero-order valence-electron chi connectivity index (χ0n) is 9.83. The summed E-state index contributed by atoms with van der Waals surface area (Å²) < 4.78 is 0. The highest BCUT2D eigenvalue weighted by Gasteiger charge is 2.19. The third kappa shape index (κ3) is 4.18. The summed E-state index contributed by atoms with van der Waals surface area (Å²) in [5.74, 6) is -0.0604. The van der Waals surface area contributed by atoms with Crippen molar-refractivity contribution >= 4 is 5.91 Å². The number of nitrogens with two attached hydrogens (primary N) is 1. The highest BCUT2D eigenvalue weighted by molar-refractivity contribution is 5.80. The quantitative estimate of drug-likeness (QED) is 0.691. The molecule has 0 heterocycles. The van der Waals surface area contributed by atoms with E-state index in [9.17, 15) is 4.79 Å². The minimum atomic E-state index is -0.401. The van der Waals surface area contributed by atoms with E-state index < -0.39 is 6.04 Å². The van der Waals surface area contributed by atoms with Crippen molar-refractivity contribution in [2.24, 2.45) is 5.73 Å². The lowest BCUT2D eigenvalue weighted by atomic mass is 10.2. The van der Waals surface area contributed by atoms with Gasteiger partial charge in [0, 0.05) is 19.1 Å². The first-order chi connectivity index (χ1) is 7.11. The maximum atomic E-state index is 11.2. The summed E-state index contributed by atoms with van der Waals surface area (Å²) in [5.41, 5.74) is 5.45. The lowest BCUT2D eigenvalue weighted by Crippen LogP contribution is -2.42. The second kappa shape index (κ2) is 6.08. The Morgan fingerprint density at radius 2 is 2.13 bits per heavy atom. The van der Waals surface area contributed by atoms with Gasteiger partial charge in [-0.15, -0.1) is 0 Å². The van der Waals surface area contributed by atoms with E-state index in [-0.39, 0.29) is 5.91 Å². The van der Waals surface area contributed by atoms with Crippen molar-refractivity contribution in [2.45, 2.75) is 44.7 Å². The van der Waals surface area contributed by atoms with Gasteiger partial charge < -0.3 is 16.0 Å². The number of hydrogen-bond donors (Lipinski definition) is 2. The summed E-state index contributed by atoms with van der Waals surface area (Å²) in [5, 5.41) is 2.83. The molecule has 1 saturated carbocycles. The Balaban J connectivity index is 2.11. The molecule has 1 fully saturated rings. The van der Waals surface area contributed by atoms with Crippen LogP contribution in [0.3, 0.4) is 0 Å². The highest BCUT2D eigenvalue weighted by Crippen LogP contribution is 2.21. The average molecular weight is 213 g/mol. The molecule has 4 heteroatoms. The van der Waals surface area contributed by atoms with Crippen molar-refractivity contribution in [3.8, 4) is 0 Å². The molecule has 4 nitrogen and oxygen atoms in total. The fourth-order valence-electron chi connectivity index (χ4n) is 2.04. The van der Waals surface area contributed by atoms with E-state index in [2.05, 4.69) is 17.3 Å². The molecule has 0 bridgehead atoms. The molecule has 0 aromatic carbocycles. The second-order valence-corrected chi connectivity index (χ2v) is 4.50. The molecule has 15 heavy (non-hydrogen) atoms. The summed E-state index contributed by atoms with van der Waals surface area (Å²) in [4.78, 5) is 13.5. The first-order valence-corrected chi connectivity index (χ1v) is 5.85. The highest BCUT2D eigenvalue weighted by atomic mass is 16.2. The van der Waals surface area contributed by atoms with E-state index in [1.807, 2.05) is 0 Å². The number of nitrogens with one attached hydrogen (secondary N) is 1. The van der Waals surface area contributed by atoms with Gasteiger partial charge in [-0.25, -0.2) is 0 Å². The van der Waals surface area contributed by atoms with Gasteiger partial charge in [0.1, 0.15) is 0 Å². The Morgan fingerprint density at radius 3 is 2.67 bits per heavy atom. The molecule has 3 N–H and O–H groups in total. The number of likely N-dealkylation sites (N-methyl/N-ethyl adjacent to an activating group) is 1. The lowest BCUT2D eigenvalue weighted by Gasteiger charge is -2.24. The Labute approximate surface area is 92.2 Å². The van der Waals surface area contributed by atoms with Crippen molar-refractivity contribution in [2.75, 3.05) is 20.1 Å². The van der Waals surface area contributed by atoms with Crippen molar-refractivity contribution in [1.29, 1.82) is 0 Å². The van der Waals surface area contributed by atoms with Crippen molar-refractivity contribution in [3.05, 3.63) is 0 Å². The molecule has 1 unspecified atom stereocenters. The van der Waals surface area contributed by atoms with Crippen LogP contribution in [-0.2, 0) is 4.79 Å². The standard InChI is InChI=1S/C11H23N3O/c1-9(12)11(15)13-7-8-14(2)10-5-3-4-6-10/h9-10H,3-8,12H2,1-2H3,(H,13,15). The minimum Gasteiger partial charge on any atom is -0.353 e. The van der Waals surface area contributed by atoms with Gasteiger partial charge in [0.15, 0.2) is 0 Å². The number of rotatable bonds is 5. The van der Waals surface area contributed by atoms with E-state index in [0.717, 1.165) is 12.6 Å². The van der Waals surface area contributed by atoms with Gasteiger partial charge in [-0.05, 0) is 26.8 Å². The third-order valence-corrected chi connectivity index (χ3v) is 3.13. The molecule has 88 valence electrons. The lowest BCUT2D eigenvalue weighted by molar-refractivity contribution is -0.122. The van der Waals surface area contributed by atoms with Gasteiger partial charge >= 0.3 is 0 Å². The van der Waals surface area contributed by atoms with E-state index in [1.54, 1.807) is 6.92 Å². The third-order valence-electron chi connectivity index (χ3n) is 3.13. The minimum absolute atomic E-state index is 0.0604. The monoisotopic (exact) mass is 213 g/mol. The number of carbonyl (C=O) groups is 1. The molecule has 0 saturated heterocycles. The van der Waals surface area contributed by atoms with Crippen LogP contribution in [-0.4, -0.2) is 43.0 Å². The number of carbonyl (C=O) groups excluding carboxylic acids is 1. The summed E-state index contributed by atoms with van der Waals surface area (Å²) in [6, 6.07) is 0.319. The van der Waals surface area contributed by atoms with E-state index in [4.69, 9.17) is 5.73 Å². The summed E-state index contributed by atoms with van der Waals surface area (Å²) in [6.07, 6.45) is 5.30. The van der Waals surface area contributed by atoms with E-state index in [0.29, 0.717) is 6.54 Å². The van der Waals surface area contributed by atoms with Gasteiger partial charge in [0.2, 0.25) is 5.91 Å². The maximum absolute atomic E-state index is 11.2. The van der Waals surface area contributed by atoms with Crippen molar-refractivity contribution in [3.63, 3.8) is 0 Å². The van der Waals surface area contributed by atoms with Crippen molar-refractivity contribution in [1.82, 2.24) is 10.2 Å². The molecule has 1 rings (SSSR count). The van der Waals surface area contributed by atoms with Crippen LogP contribution < -0.4 is 11.1 Å². The smallest absolute Gasteiger partial charge is 0.236 e. The molecule has 1 aliphatic carbocycles. The summed E-state index contributed by atoms with van der Waals surface area (Å²) in [6.45, 7) is 3.33. The second-order valence-electron chi connectivity index (χ2n) is 4.50. The molecule has 0 aliphatic heterocycles. The Kier molecular flexibility index (Phi) is 5.05. The van der Waals surface area contributed by atoms with E-state index >= 15 is 0 Å². The normalized spacial score (nSPS) is 19.5.